The molecular formula is C19H13Br. The molecule has 0 heterocycles. The van der Waals surface area contributed by atoms with E-state index in [1.807, 2.05) is 0 Å². The molecule has 0 unspecified atom stereocenters. The zero-order valence-electron chi connectivity index (χ0n) is 11.2. The van der Waals surface area contributed by atoms with Gasteiger partial charge in [0.05, 0.1) is 0 Å². The van der Waals surface area contributed by atoms with Gasteiger partial charge >= 0.3 is 0 Å². The Hall–Kier alpha value is -1.86. The van der Waals surface area contributed by atoms with Crippen molar-refractivity contribution in [3.63, 3.8) is 0 Å². The molecular weight excluding hydrogens is 308 g/mol. The molecule has 0 aliphatic carbocycles. The van der Waals surface area contributed by atoms with Gasteiger partial charge in [-0.2, -0.15) is 0 Å². The second-order valence-electron chi connectivity index (χ2n) is 5.25. The Bertz CT molecular complexity index is 961. The van der Waals surface area contributed by atoms with Crippen molar-refractivity contribution in [1.29, 1.82) is 0 Å². The van der Waals surface area contributed by atoms with Crippen LogP contribution in [-0.4, -0.2) is 0 Å². The van der Waals surface area contributed by atoms with Crippen LogP contribution in [0.1, 0.15) is 5.56 Å². The van der Waals surface area contributed by atoms with E-state index in [2.05, 4.69) is 83.5 Å². The van der Waals surface area contributed by atoms with Crippen LogP contribution in [0.25, 0.3) is 32.3 Å². The molecule has 0 amide bonds. The Morgan fingerprint density at radius 2 is 1.30 bits per heavy atom. The lowest BCUT2D eigenvalue weighted by Crippen LogP contribution is -1.85. The smallest absolute Gasteiger partial charge is 0.0332 e. The van der Waals surface area contributed by atoms with Gasteiger partial charge in [0.1, 0.15) is 0 Å². The van der Waals surface area contributed by atoms with Crippen molar-refractivity contribution in [1.82, 2.24) is 0 Å². The average molecular weight is 321 g/mol. The van der Waals surface area contributed by atoms with E-state index in [1.54, 1.807) is 0 Å². The highest BCUT2D eigenvalue weighted by Crippen LogP contribution is 2.37. The summed E-state index contributed by atoms with van der Waals surface area (Å²) in [6, 6.07) is 21.8. The van der Waals surface area contributed by atoms with E-state index in [0.717, 1.165) is 0 Å². The maximum atomic E-state index is 3.80. The molecule has 0 fully saturated rings. The van der Waals surface area contributed by atoms with Crippen molar-refractivity contribution in [2.75, 3.05) is 0 Å². The summed E-state index contributed by atoms with van der Waals surface area (Å²) >= 11 is 3.80. The van der Waals surface area contributed by atoms with Crippen LogP contribution < -0.4 is 0 Å². The first kappa shape index (κ1) is 11.9. The fraction of sp³-hybridized carbons (Fsp3) is 0.0526. The lowest BCUT2D eigenvalue weighted by atomic mass is 9.95. The number of benzene rings is 4. The molecule has 0 spiro atoms. The van der Waals surface area contributed by atoms with Gasteiger partial charge in [-0.3, -0.25) is 0 Å². The Morgan fingerprint density at radius 3 is 2.10 bits per heavy atom. The maximum Gasteiger partial charge on any atom is 0.0332 e. The number of aryl methyl sites for hydroxylation is 1. The zero-order valence-corrected chi connectivity index (χ0v) is 12.7. The van der Waals surface area contributed by atoms with E-state index in [-0.39, 0.29) is 0 Å². The van der Waals surface area contributed by atoms with E-state index in [4.69, 9.17) is 0 Å². The van der Waals surface area contributed by atoms with Gasteiger partial charge < -0.3 is 0 Å². The third-order valence-electron chi connectivity index (χ3n) is 4.03. The van der Waals surface area contributed by atoms with Crippen molar-refractivity contribution < 1.29 is 0 Å². The molecule has 0 nitrogen and oxygen atoms in total. The van der Waals surface area contributed by atoms with Crippen LogP contribution in [0.4, 0.5) is 0 Å². The second kappa shape index (κ2) is 4.32. The van der Waals surface area contributed by atoms with Gasteiger partial charge in [-0.15, -0.1) is 0 Å². The Balaban J connectivity index is 2.34. The number of rotatable bonds is 0. The first-order valence-electron chi connectivity index (χ1n) is 6.75. The van der Waals surface area contributed by atoms with Crippen LogP contribution in [0.3, 0.4) is 0 Å². The first-order chi connectivity index (χ1) is 9.75. The summed E-state index contributed by atoms with van der Waals surface area (Å²) in [4.78, 5) is 0. The van der Waals surface area contributed by atoms with E-state index in [9.17, 15) is 0 Å². The minimum absolute atomic E-state index is 1.19. The molecule has 0 radical (unpaired) electrons. The minimum atomic E-state index is 1.19. The van der Waals surface area contributed by atoms with Crippen LogP contribution >= 0.6 is 15.9 Å². The monoisotopic (exact) mass is 320 g/mol. The molecule has 0 N–H and O–H groups in total. The zero-order chi connectivity index (χ0) is 13.7. The lowest BCUT2D eigenvalue weighted by molar-refractivity contribution is 1.55. The molecule has 0 aliphatic rings. The molecule has 0 aromatic heterocycles. The average Bonchev–Trinajstić information content (AvgIpc) is 2.49. The quantitative estimate of drug-likeness (QED) is 0.266. The van der Waals surface area contributed by atoms with Gasteiger partial charge in [0.25, 0.3) is 0 Å². The standard InChI is InChI=1S/C19H13Br/c1-12-10-18-17(16-9-5-4-7-14(12)16)11-13-6-2-3-8-15(13)19(18)20/h2-11H,1H3. The molecule has 0 saturated heterocycles. The van der Waals surface area contributed by atoms with Gasteiger partial charge in [-0.25, -0.2) is 0 Å². The van der Waals surface area contributed by atoms with Crippen molar-refractivity contribution in [2.45, 2.75) is 6.92 Å². The fourth-order valence-electron chi connectivity index (χ4n) is 3.04. The Morgan fingerprint density at radius 1 is 0.650 bits per heavy atom. The third-order valence-corrected chi connectivity index (χ3v) is 4.88. The van der Waals surface area contributed by atoms with E-state index < -0.39 is 0 Å². The topological polar surface area (TPSA) is 0 Å². The molecule has 0 aliphatic heterocycles. The van der Waals surface area contributed by atoms with Crippen molar-refractivity contribution in [2.24, 2.45) is 0 Å². The summed E-state index contributed by atoms with van der Waals surface area (Å²) < 4.78 is 1.19. The number of fused-ring (bicyclic) bond motifs is 4. The summed E-state index contributed by atoms with van der Waals surface area (Å²) in [5.41, 5.74) is 1.32. The molecule has 0 saturated carbocycles. The van der Waals surface area contributed by atoms with Gasteiger partial charge in [0.15, 0.2) is 0 Å². The summed E-state index contributed by atoms with van der Waals surface area (Å²) in [7, 11) is 0. The van der Waals surface area contributed by atoms with Crippen molar-refractivity contribution in [3.05, 3.63) is 70.7 Å². The largest absolute Gasteiger partial charge is 0.0616 e. The van der Waals surface area contributed by atoms with E-state index in [1.165, 1.54) is 42.4 Å². The molecule has 4 aromatic rings. The van der Waals surface area contributed by atoms with Crippen molar-refractivity contribution >= 4 is 48.2 Å². The minimum Gasteiger partial charge on any atom is -0.0616 e. The number of halogens is 1. The molecule has 0 atom stereocenters. The highest BCUT2D eigenvalue weighted by Gasteiger charge is 2.09. The highest BCUT2D eigenvalue weighted by atomic mass is 79.9. The van der Waals surface area contributed by atoms with Gasteiger partial charge in [-0.1, -0.05) is 48.5 Å². The van der Waals surface area contributed by atoms with Crippen LogP contribution in [-0.2, 0) is 0 Å². The second-order valence-corrected chi connectivity index (χ2v) is 6.04. The van der Waals surface area contributed by atoms with Gasteiger partial charge in [0, 0.05) is 4.47 Å². The summed E-state index contributed by atoms with van der Waals surface area (Å²) in [5.74, 6) is 0. The molecule has 4 rings (SSSR count). The third kappa shape index (κ3) is 1.60. The predicted molar refractivity (Wildman–Crippen MR) is 91.4 cm³/mol. The van der Waals surface area contributed by atoms with Gasteiger partial charge in [0.2, 0.25) is 0 Å². The number of hydrogen-bond donors (Lipinski definition) is 0. The normalized spacial score (nSPS) is 11.5. The van der Waals surface area contributed by atoms with Crippen LogP contribution in [0, 0.1) is 6.92 Å². The maximum absolute atomic E-state index is 3.80. The van der Waals surface area contributed by atoms with Gasteiger partial charge in [-0.05, 0) is 72.9 Å². The summed E-state index contributed by atoms with van der Waals surface area (Å²) in [5, 5.41) is 7.82. The van der Waals surface area contributed by atoms with E-state index in [0.29, 0.717) is 0 Å². The first-order valence-corrected chi connectivity index (χ1v) is 7.54. The summed E-state index contributed by atoms with van der Waals surface area (Å²) in [6.07, 6.45) is 0. The highest BCUT2D eigenvalue weighted by molar-refractivity contribution is 9.10. The van der Waals surface area contributed by atoms with Crippen LogP contribution in [0.5, 0.6) is 0 Å². The molecule has 4 aromatic carbocycles. The molecule has 0 bridgehead atoms. The Kier molecular flexibility index (Phi) is 2.58. The molecule has 1 heteroatoms. The predicted octanol–water partition coefficient (Wildman–Crippen LogP) is 6.22. The number of hydrogen-bond acceptors (Lipinski definition) is 0. The van der Waals surface area contributed by atoms with Crippen molar-refractivity contribution in [3.8, 4) is 0 Å². The summed E-state index contributed by atoms with van der Waals surface area (Å²) in [6.45, 7) is 2.18. The fourth-order valence-corrected chi connectivity index (χ4v) is 3.73. The SMILES string of the molecule is Cc1cc2c(Br)c3ccccc3cc2c2ccccc12. The molecule has 96 valence electrons. The van der Waals surface area contributed by atoms with Crippen LogP contribution in [0.15, 0.2) is 65.1 Å². The Labute approximate surface area is 126 Å². The van der Waals surface area contributed by atoms with Crippen LogP contribution in [0.2, 0.25) is 0 Å². The van der Waals surface area contributed by atoms with E-state index >= 15 is 0 Å². The molecule has 20 heavy (non-hydrogen) atoms. The lowest BCUT2D eigenvalue weighted by Gasteiger charge is -2.11.